The van der Waals surface area contributed by atoms with Crippen LogP contribution in [0.1, 0.15) is 17.5 Å². The van der Waals surface area contributed by atoms with Gasteiger partial charge in [0.05, 0.1) is 0 Å². The van der Waals surface area contributed by atoms with Crippen molar-refractivity contribution >= 4 is 36.5 Å². The maximum absolute atomic E-state index is 5.40. The Hall–Kier alpha value is -0.691. The summed E-state index contributed by atoms with van der Waals surface area (Å²) in [5.41, 5.74) is 2.79. The number of aryl methyl sites for hydroxylation is 1. The van der Waals surface area contributed by atoms with Crippen molar-refractivity contribution in [3.63, 3.8) is 0 Å². The molecule has 16 heavy (non-hydrogen) atoms. The topological polar surface area (TPSA) is 0 Å². The van der Waals surface area contributed by atoms with Crippen molar-refractivity contribution in [1.29, 1.82) is 0 Å². The maximum atomic E-state index is 5.40. The van der Waals surface area contributed by atoms with E-state index >= 15 is 0 Å². The van der Waals surface area contributed by atoms with Crippen molar-refractivity contribution in [3.8, 4) is 0 Å². The van der Waals surface area contributed by atoms with Gasteiger partial charge < -0.3 is 0 Å². The molecule has 0 atom stereocenters. The molecule has 0 nitrogen and oxygen atoms in total. The molecule has 1 aromatic carbocycles. The number of hydrogen-bond donors (Lipinski definition) is 0. The fraction of sp³-hybridized carbons (Fsp3) is 0.214. The van der Waals surface area contributed by atoms with Crippen LogP contribution in [0.3, 0.4) is 0 Å². The quantitative estimate of drug-likeness (QED) is 0.459. The predicted molar refractivity (Wildman–Crippen MR) is 75.7 cm³/mol. The summed E-state index contributed by atoms with van der Waals surface area (Å²) in [4.78, 5) is 1.11. The summed E-state index contributed by atoms with van der Waals surface area (Å²) < 4.78 is 2.81. The van der Waals surface area contributed by atoms with Crippen LogP contribution < -0.4 is 4.46 Å². The second-order valence-corrected chi connectivity index (χ2v) is 6.65. The fourth-order valence-corrected chi connectivity index (χ4v) is 4.13. The van der Waals surface area contributed by atoms with Crippen LogP contribution in [-0.2, 0) is 0 Å². The summed E-state index contributed by atoms with van der Waals surface area (Å²) in [5, 5.41) is 0. The van der Waals surface area contributed by atoms with Gasteiger partial charge in [-0.1, -0.05) is 0 Å². The van der Waals surface area contributed by atoms with E-state index in [9.17, 15) is 0 Å². The molecule has 0 aliphatic heterocycles. The molecule has 0 N–H and O–H groups in total. The Morgan fingerprint density at radius 3 is 2.81 bits per heavy atom. The third kappa shape index (κ3) is 2.52. The van der Waals surface area contributed by atoms with E-state index in [1.165, 1.54) is 20.1 Å². The molecule has 0 bridgehead atoms. The molecule has 0 unspecified atom stereocenters. The monoisotopic (exact) mass is 295 g/mol. The molecule has 0 aromatic heterocycles. The van der Waals surface area contributed by atoms with Gasteiger partial charge in [-0.3, -0.25) is 0 Å². The summed E-state index contributed by atoms with van der Waals surface area (Å²) in [7, 11) is 0. The fourth-order valence-electron chi connectivity index (χ4n) is 1.57. The van der Waals surface area contributed by atoms with Crippen LogP contribution in [0.2, 0.25) is 0 Å². The van der Waals surface area contributed by atoms with Crippen LogP contribution >= 0.6 is 12.2 Å². The molecule has 1 aliphatic carbocycles. The van der Waals surface area contributed by atoms with Crippen LogP contribution in [0.4, 0.5) is 0 Å². The van der Waals surface area contributed by atoms with Gasteiger partial charge in [0.2, 0.25) is 0 Å². The average Bonchev–Trinajstić information content (AvgIpc) is 2.28. The van der Waals surface area contributed by atoms with Crippen molar-refractivity contribution in [2.24, 2.45) is 0 Å². The van der Waals surface area contributed by atoms with E-state index in [0.29, 0.717) is 15.0 Å². The minimum absolute atomic E-state index is 0.359. The Labute approximate surface area is 109 Å². The zero-order chi connectivity index (χ0) is 11.5. The van der Waals surface area contributed by atoms with E-state index in [-0.39, 0.29) is 0 Å². The third-order valence-electron chi connectivity index (χ3n) is 2.74. The molecule has 2 rings (SSSR count). The predicted octanol–water partition coefficient (Wildman–Crippen LogP) is 2.85. The van der Waals surface area contributed by atoms with Gasteiger partial charge in [0.25, 0.3) is 0 Å². The summed E-state index contributed by atoms with van der Waals surface area (Å²) in [6, 6.07) is 6.54. The molecule has 0 radical (unpaired) electrons. The molecular formula is C14H14SSe. The third-order valence-corrected chi connectivity index (χ3v) is 6.07. The second kappa shape index (κ2) is 5.09. The minimum atomic E-state index is 0.359. The first-order chi connectivity index (χ1) is 7.68. The molecule has 0 saturated carbocycles. The van der Waals surface area contributed by atoms with Crippen LogP contribution in [0.5, 0.6) is 0 Å². The first-order valence-electron chi connectivity index (χ1n) is 5.32. The van der Waals surface area contributed by atoms with Crippen molar-refractivity contribution < 1.29 is 0 Å². The van der Waals surface area contributed by atoms with Crippen molar-refractivity contribution in [3.05, 3.63) is 52.0 Å². The molecule has 0 saturated heterocycles. The van der Waals surface area contributed by atoms with Crippen LogP contribution in [0.25, 0.3) is 0 Å². The van der Waals surface area contributed by atoms with E-state index in [4.69, 9.17) is 12.2 Å². The molecule has 1 aromatic rings. The molecule has 0 spiro atoms. The zero-order valence-electron chi connectivity index (χ0n) is 9.49. The number of rotatable bonds is 2. The molecule has 0 heterocycles. The molecule has 2 heteroatoms. The van der Waals surface area contributed by atoms with Crippen LogP contribution in [0.15, 0.2) is 40.9 Å². The Kier molecular flexibility index (Phi) is 3.75. The Balaban J connectivity index is 2.27. The van der Waals surface area contributed by atoms with E-state index < -0.39 is 0 Å². The van der Waals surface area contributed by atoms with Gasteiger partial charge in [0.15, 0.2) is 0 Å². The number of allylic oxidation sites excluding steroid dienone is 4. The average molecular weight is 294 g/mol. The van der Waals surface area contributed by atoms with Crippen molar-refractivity contribution in [2.45, 2.75) is 20.3 Å². The van der Waals surface area contributed by atoms with Gasteiger partial charge in [0.1, 0.15) is 0 Å². The summed E-state index contributed by atoms with van der Waals surface area (Å²) in [5.74, 6) is 0. The normalized spacial score (nSPS) is 15.1. The molecule has 0 fully saturated rings. The Morgan fingerprint density at radius 1 is 1.25 bits per heavy atom. The van der Waals surface area contributed by atoms with Gasteiger partial charge in [-0.05, 0) is 0 Å². The number of hydrogen-bond acceptors (Lipinski definition) is 1. The van der Waals surface area contributed by atoms with Gasteiger partial charge in [-0.25, -0.2) is 0 Å². The standard InChI is InChI=1S/C14H14SSe/c1-10-6-5-9-13(11(10)2)16-14-8-4-3-7-12(14)15/h3-6,8-9H,7H2,1-2H3/i14+1. The Bertz CT molecular complexity index is 484. The number of thiocarbonyl (C=S) groups is 1. The van der Waals surface area contributed by atoms with Gasteiger partial charge in [-0.2, -0.15) is 0 Å². The number of benzene rings is 1. The first kappa shape index (κ1) is 11.8. The molecular weight excluding hydrogens is 280 g/mol. The van der Waals surface area contributed by atoms with Gasteiger partial charge in [-0.15, -0.1) is 0 Å². The molecule has 0 amide bonds. The second-order valence-electron chi connectivity index (χ2n) is 3.89. The Morgan fingerprint density at radius 2 is 2.06 bits per heavy atom. The SMILES string of the molecule is Cc1cccc([Se][13C]2=CC=CCC2=S)c1C. The van der Waals surface area contributed by atoms with Crippen molar-refractivity contribution in [2.75, 3.05) is 0 Å². The molecule has 82 valence electrons. The summed E-state index contributed by atoms with van der Waals surface area (Å²) in [6.07, 6.45) is 7.37. The van der Waals surface area contributed by atoms with Crippen LogP contribution in [0, 0.1) is 13.8 Å². The summed E-state index contributed by atoms with van der Waals surface area (Å²) in [6.45, 7) is 4.37. The van der Waals surface area contributed by atoms with Crippen molar-refractivity contribution in [1.82, 2.24) is 0 Å². The van der Waals surface area contributed by atoms with Crippen LogP contribution in [-0.4, -0.2) is 19.8 Å². The van der Waals surface area contributed by atoms with E-state index in [0.717, 1.165) is 11.3 Å². The summed E-state index contributed by atoms with van der Waals surface area (Å²) >= 11 is 5.76. The van der Waals surface area contributed by atoms with E-state index in [1.807, 2.05) is 0 Å². The first-order valence-corrected chi connectivity index (χ1v) is 7.44. The van der Waals surface area contributed by atoms with E-state index in [1.54, 1.807) is 0 Å². The molecule has 1 aliphatic rings. The zero-order valence-corrected chi connectivity index (χ0v) is 12.0. The van der Waals surface area contributed by atoms with Gasteiger partial charge in [0, 0.05) is 0 Å². The van der Waals surface area contributed by atoms with Gasteiger partial charge >= 0.3 is 109 Å². The van der Waals surface area contributed by atoms with E-state index in [2.05, 4.69) is 50.3 Å².